The molecule has 1 heterocycles. The summed E-state index contributed by atoms with van der Waals surface area (Å²) in [6.07, 6.45) is -0.925. The molecule has 3 atom stereocenters. The van der Waals surface area contributed by atoms with E-state index in [2.05, 4.69) is 10.6 Å². The van der Waals surface area contributed by atoms with Crippen molar-refractivity contribution in [2.45, 2.75) is 58.2 Å². The minimum atomic E-state index is -0.994. The topological polar surface area (TPSA) is 162 Å². The fourth-order valence-electron chi connectivity index (χ4n) is 3.61. The summed E-state index contributed by atoms with van der Waals surface area (Å²) < 4.78 is 5.55. The predicted molar refractivity (Wildman–Crippen MR) is 124 cm³/mol. The second-order valence-electron chi connectivity index (χ2n) is 8.65. The average molecular weight is 479 g/mol. The summed E-state index contributed by atoms with van der Waals surface area (Å²) >= 11 is 0. The molecule has 0 spiro atoms. The molecule has 1 aliphatic rings. The average Bonchev–Trinajstić information content (AvgIpc) is 2.80. The van der Waals surface area contributed by atoms with Gasteiger partial charge in [-0.15, -0.1) is 0 Å². The number of ether oxygens (including phenoxy) is 1. The van der Waals surface area contributed by atoms with Gasteiger partial charge in [-0.1, -0.05) is 6.92 Å². The van der Waals surface area contributed by atoms with E-state index in [9.17, 15) is 29.4 Å². The lowest BCUT2D eigenvalue weighted by Crippen LogP contribution is -2.32. The Morgan fingerprint density at radius 1 is 1.06 bits per heavy atom. The van der Waals surface area contributed by atoms with Crippen LogP contribution >= 0.6 is 0 Å². The Morgan fingerprint density at radius 2 is 1.76 bits per heavy atom. The first-order valence-electron chi connectivity index (χ1n) is 11.5. The van der Waals surface area contributed by atoms with Crippen molar-refractivity contribution in [2.24, 2.45) is 5.92 Å². The molecule has 188 valence electrons. The number of anilines is 1. The fourth-order valence-corrected chi connectivity index (χ4v) is 3.61. The number of aryl methyl sites for hydroxylation is 1. The van der Waals surface area contributed by atoms with Crippen LogP contribution in [0.15, 0.2) is 12.1 Å². The first-order chi connectivity index (χ1) is 16.1. The molecule has 10 nitrogen and oxygen atoms in total. The Morgan fingerprint density at radius 3 is 2.47 bits per heavy atom. The molecule has 0 amide bonds. The maximum atomic E-state index is 12.9. The lowest BCUT2D eigenvalue weighted by Gasteiger charge is -2.22. The number of aliphatic hydroxyl groups excluding tert-OH is 2. The maximum Gasteiger partial charge on any atom is 0.342 e. The number of nitrogens with one attached hydrogen (secondary N) is 2. The summed E-state index contributed by atoms with van der Waals surface area (Å²) in [7, 11) is 0. The molecule has 0 aromatic heterocycles. The number of carbonyl (C=O) groups excluding carboxylic acids is 4. The van der Waals surface area contributed by atoms with Crippen LogP contribution in [0.3, 0.4) is 0 Å². The van der Waals surface area contributed by atoms with Crippen molar-refractivity contribution in [3.05, 3.63) is 23.3 Å². The number of Topliss-reactive ketones (excluding diaryl/α,β-unsaturated/α-hetero) is 3. The number of carbonyl (C=O) groups is 4. The maximum absolute atomic E-state index is 12.9. The summed E-state index contributed by atoms with van der Waals surface area (Å²) in [6.45, 7) is 4.26. The van der Waals surface area contributed by atoms with Gasteiger partial charge in [0, 0.05) is 44.2 Å². The van der Waals surface area contributed by atoms with Crippen LogP contribution in [0.1, 0.15) is 55.5 Å². The monoisotopic (exact) mass is 478 g/mol. The zero-order valence-electron chi connectivity index (χ0n) is 19.6. The van der Waals surface area contributed by atoms with E-state index in [0.717, 1.165) is 0 Å². The number of aromatic hydroxyl groups is 1. The van der Waals surface area contributed by atoms with E-state index in [-0.39, 0.29) is 62.5 Å². The number of phenolic OH excluding ortho intramolecular Hbond substituents is 1. The van der Waals surface area contributed by atoms with E-state index in [1.54, 1.807) is 19.9 Å². The van der Waals surface area contributed by atoms with Gasteiger partial charge < -0.3 is 30.7 Å². The van der Waals surface area contributed by atoms with Gasteiger partial charge in [-0.3, -0.25) is 14.4 Å². The molecule has 34 heavy (non-hydrogen) atoms. The van der Waals surface area contributed by atoms with Crippen molar-refractivity contribution >= 4 is 29.0 Å². The summed E-state index contributed by atoms with van der Waals surface area (Å²) in [6, 6.07) is 3.09. The smallest absolute Gasteiger partial charge is 0.342 e. The molecule has 0 aliphatic carbocycles. The summed E-state index contributed by atoms with van der Waals surface area (Å²) in [4.78, 5) is 49.2. The molecule has 0 saturated heterocycles. The van der Waals surface area contributed by atoms with Crippen molar-refractivity contribution in [2.75, 3.05) is 31.6 Å². The number of fused-ring (bicyclic) bond motifs is 1. The third-order valence-corrected chi connectivity index (χ3v) is 5.90. The number of esters is 1. The highest BCUT2D eigenvalue weighted by atomic mass is 16.5. The Labute approximate surface area is 198 Å². The normalized spacial score (nSPS) is 21.4. The molecule has 1 aromatic carbocycles. The molecule has 0 radical (unpaired) electrons. The first-order valence-corrected chi connectivity index (χ1v) is 11.5. The minimum Gasteiger partial charge on any atom is -0.507 e. The minimum absolute atomic E-state index is 0.0145. The number of ketones is 3. The van der Waals surface area contributed by atoms with Crippen LogP contribution < -0.4 is 10.6 Å². The molecule has 10 heteroatoms. The molecule has 2 rings (SSSR count). The van der Waals surface area contributed by atoms with E-state index in [4.69, 9.17) is 9.84 Å². The zero-order chi connectivity index (χ0) is 25.3. The van der Waals surface area contributed by atoms with Crippen molar-refractivity contribution < 1.29 is 39.2 Å². The third kappa shape index (κ3) is 7.89. The van der Waals surface area contributed by atoms with Gasteiger partial charge in [-0.25, -0.2) is 4.79 Å². The molecule has 1 aliphatic heterocycles. The van der Waals surface area contributed by atoms with Gasteiger partial charge in [0.2, 0.25) is 11.6 Å². The van der Waals surface area contributed by atoms with Crippen LogP contribution in [0.25, 0.3) is 0 Å². The number of phenols is 1. The van der Waals surface area contributed by atoms with Crippen LogP contribution in [-0.2, 0) is 25.5 Å². The van der Waals surface area contributed by atoms with E-state index < -0.39 is 35.5 Å². The lowest BCUT2D eigenvalue weighted by atomic mass is 9.94. The van der Waals surface area contributed by atoms with Crippen molar-refractivity contribution in [3.8, 4) is 5.75 Å². The highest BCUT2D eigenvalue weighted by Gasteiger charge is 2.27. The summed E-state index contributed by atoms with van der Waals surface area (Å²) in [5.74, 6) is -3.66. The van der Waals surface area contributed by atoms with Crippen LogP contribution in [-0.4, -0.2) is 77.1 Å². The van der Waals surface area contributed by atoms with E-state index in [0.29, 0.717) is 24.3 Å². The van der Waals surface area contributed by atoms with Crippen molar-refractivity contribution in [1.29, 1.82) is 0 Å². The molecular formula is C24H34N2O8. The molecule has 0 bridgehead atoms. The molecule has 0 saturated carbocycles. The summed E-state index contributed by atoms with van der Waals surface area (Å²) in [5.41, 5.74) is 1.01. The second kappa shape index (κ2) is 13.2. The Hall–Kier alpha value is -2.82. The van der Waals surface area contributed by atoms with E-state index in [1.165, 1.54) is 6.07 Å². The predicted octanol–water partition coefficient (Wildman–Crippen LogP) is 0.752. The van der Waals surface area contributed by atoms with Gasteiger partial charge in [0.05, 0.1) is 12.7 Å². The molecule has 5 N–H and O–H groups in total. The Balaban J connectivity index is 2.21. The summed E-state index contributed by atoms with van der Waals surface area (Å²) in [5, 5.41) is 34.8. The van der Waals surface area contributed by atoms with Gasteiger partial charge in [-0.2, -0.15) is 0 Å². The Kier molecular flexibility index (Phi) is 10.6. The first kappa shape index (κ1) is 27.4. The number of rotatable bonds is 7. The van der Waals surface area contributed by atoms with Crippen molar-refractivity contribution in [1.82, 2.24) is 5.32 Å². The van der Waals surface area contributed by atoms with E-state index in [1.807, 2.05) is 0 Å². The standard InChI is InChI=1S/C24H34N2O8/c1-14-6-7-20(30)23(32)19(29)5-3-4-16-10-17(26-9-8-25-12-18(28)13-27)11-21(31)22(16)24(33)34-15(14)2/h10-11,14-15,18,25-28,31H,3-9,12-13H2,1-2H3/t14-,15+,18?/m1/s1. The van der Waals surface area contributed by atoms with E-state index >= 15 is 0 Å². The molecular weight excluding hydrogens is 444 g/mol. The van der Waals surface area contributed by atoms with Gasteiger partial charge in [0.15, 0.2) is 0 Å². The van der Waals surface area contributed by atoms with Crippen molar-refractivity contribution in [3.63, 3.8) is 0 Å². The number of aliphatic hydroxyl groups is 2. The zero-order valence-corrected chi connectivity index (χ0v) is 19.6. The lowest BCUT2D eigenvalue weighted by molar-refractivity contribution is -0.144. The van der Waals surface area contributed by atoms with Crippen LogP contribution in [0, 0.1) is 5.92 Å². The fraction of sp³-hybridized carbons (Fsp3) is 0.583. The number of hydrogen-bond acceptors (Lipinski definition) is 10. The van der Waals surface area contributed by atoms with Gasteiger partial charge in [0.25, 0.3) is 5.78 Å². The SMILES string of the molecule is C[C@@H]1CCC(=O)C(=O)C(=O)CCCc2cc(NCCNCC(O)CO)cc(O)c2C(=O)O[C@H]1C. The quantitative estimate of drug-likeness (QED) is 0.215. The third-order valence-electron chi connectivity index (χ3n) is 5.90. The van der Waals surface area contributed by atoms with Gasteiger partial charge >= 0.3 is 5.97 Å². The molecule has 1 aromatic rings. The van der Waals surface area contributed by atoms with Crippen LogP contribution in [0.2, 0.25) is 0 Å². The number of hydrogen-bond donors (Lipinski definition) is 5. The number of benzene rings is 1. The van der Waals surface area contributed by atoms with Gasteiger partial charge in [0.1, 0.15) is 17.4 Å². The molecule has 0 fully saturated rings. The highest BCUT2D eigenvalue weighted by Crippen LogP contribution is 2.30. The van der Waals surface area contributed by atoms with Gasteiger partial charge in [-0.05, 0) is 43.7 Å². The molecule has 1 unspecified atom stereocenters. The largest absolute Gasteiger partial charge is 0.507 e. The van der Waals surface area contributed by atoms with Crippen LogP contribution in [0.5, 0.6) is 5.75 Å². The highest BCUT2D eigenvalue weighted by molar-refractivity contribution is 6.63. The van der Waals surface area contributed by atoms with Crippen LogP contribution in [0.4, 0.5) is 5.69 Å². The number of cyclic esters (lactones) is 1. The second-order valence-corrected chi connectivity index (χ2v) is 8.65. The Bertz CT molecular complexity index is 901.